The second kappa shape index (κ2) is 8.34. The van der Waals surface area contributed by atoms with Crippen LogP contribution in [0.2, 0.25) is 0 Å². The number of benzene rings is 1. The van der Waals surface area contributed by atoms with E-state index in [-0.39, 0.29) is 0 Å². The first-order valence-corrected chi connectivity index (χ1v) is 11.2. The SMILES string of the molecule is N#Cc1c(CSc2nnc(CN3CCCC3)n2-c2ccccc2)cn2ccccc12. The second-order valence-corrected chi connectivity index (χ2v) is 8.42. The monoisotopic (exact) mass is 414 g/mol. The Bertz CT molecular complexity index is 1200. The third-order valence-corrected chi connectivity index (χ3v) is 6.49. The van der Waals surface area contributed by atoms with Crippen LogP contribution in [0.25, 0.3) is 11.2 Å². The number of nitrogens with zero attached hydrogens (tertiary/aromatic N) is 6. The van der Waals surface area contributed by atoms with E-state index in [2.05, 4.69) is 37.9 Å². The zero-order valence-electron chi connectivity index (χ0n) is 16.6. The predicted molar refractivity (Wildman–Crippen MR) is 118 cm³/mol. The standard InChI is InChI=1S/C23H22N6S/c24-14-20-18(15-28-13-5-4-10-21(20)28)17-30-23-26-25-22(16-27-11-6-7-12-27)29(23)19-8-2-1-3-9-19/h1-5,8-10,13,15H,6-7,11-12,16-17H2. The lowest BCUT2D eigenvalue weighted by Gasteiger charge is -2.15. The van der Waals surface area contributed by atoms with Crippen molar-refractivity contribution in [2.75, 3.05) is 13.1 Å². The van der Waals surface area contributed by atoms with Crippen LogP contribution in [-0.2, 0) is 12.3 Å². The smallest absolute Gasteiger partial charge is 0.196 e. The second-order valence-electron chi connectivity index (χ2n) is 7.48. The number of hydrogen-bond donors (Lipinski definition) is 0. The van der Waals surface area contributed by atoms with Gasteiger partial charge in [0.15, 0.2) is 11.0 Å². The Morgan fingerprint density at radius 1 is 1.00 bits per heavy atom. The van der Waals surface area contributed by atoms with Gasteiger partial charge in [-0.05, 0) is 55.8 Å². The molecule has 6 nitrogen and oxygen atoms in total. The van der Waals surface area contributed by atoms with Crippen molar-refractivity contribution in [2.24, 2.45) is 0 Å². The Morgan fingerprint density at radius 3 is 2.60 bits per heavy atom. The van der Waals surface area contributed by atoms with Crippen molar-refractivity contribution in [3.8, 4) is 11.8 Å². The molecule has 0 amide bonds. The maximum atomic E-state index is 9.69. The minimum Gasteiger partial charge on any atom is -0.322 e. The van der Waals surface area contributed by atoms with Gasteiger partial charge in [0, 0.05) is 23.8 Å². The lowest BCUT2D eigenvalue weighted by atomic mass is 10.2. The summed E-state index contributed by atoms with van der Waals surface area (Å²) in [6, 6.07) is 18.6. The van der Waals surface area contributed by atoms with Crippen LogP contribution in [-0.4, -0.2) is 37.2 Å². The number of aromatic nitrogens is 4. The number of hydrogen-bond acceptors (Lipinski definition) is 5. The Labute approximate surface area is 179 Å². The minimum absolute atomic E-state index is 0.666. The largest absolute Gasteiger partial charge is 0.322 e. The van der Waals surface area contributed by atoms with Crippen molar-refractivity contribution in [3.63, 3.8) is 0 Å². The van der Waals surface area contributed by atoms with E-state index < -0.39 is 0 Å². The van der Waals surface area contributed by atoms with Gasteiger partial charge >= 0.3 is 0 Å². The molecule has 1 saturated heterocycles. The molecule has 0 spiro atoms. The summed E-state index contributed by atoms with van der Waals surface area (Å²) >= 11 is 1.62. The number of fused-ring (bicyclic) bond motifs is 1. The topological polar surface area (TPSA) is 62.2 Å². The first kappa shape index (κ1) is 18.9. The molecule has 0 aliphatic carbocycles. The van der Waals surface area contributed by atoms with E-state index in [0.29, 0.717) is 5.75 Å². The number of likely N-dealkylation sites (tertiary alicyclic amines) is 1. The van der Waals surface area contributed by atoms with Gasteiger partial charge in [0.2, 0.25) is 0 Å². The first-order chi connectivity index (χ1) is 14.8. The highest BCUT2D eigenvalue weighted by Crippen LogP contribution is 2.29. The number of rotatable bonds is 6. The molecule has 0 N–H and O–H groups in total. The molecule has 1 aliphatic heterocycles. The summed E-state index contributed by atoms with van der Waals surface area (Å²) in [6.07, 6.45) is 6.51. The Hall–Kier alpha value is -3.08. The number of thioether (sulfide) groups is 1. The minimum atomic E-state index is 0.666. The highest BCUT2D eigenvalue weighted by atomic mass is 32.2. The van der Waals surface area contributed by atoms with Crippen LogP contribution in [0.5, 0.6) is 0 Å². The zero-order chi connectivity index (χ0) is 20.3. The molecule has 4 heterocycles. The molecule has 1 fully saturated rings. The molecule has 150 valence electrons. The molecule has 4 aromatic rings. The highest BCUT2D eigenvalue weighted by Gasteiger charge is 2.20. The molecule has 1 aliphatic rings. The summed E-state index contributed by atoms with van der Waals surface area (Å²) in [6.45, 7) is 3.04. The van der Waals surface area contributed by atoms with Crippen molar-refractivity contribution in [1.82, 2.24) is 24.1 Å². The van der Waals surface area contributed by atoms with Gasteiger partial charge in [-0.1, -0.05) is 36.0 Å². The van der Waals surface area contributed by atoms with E-state index in [9.17, 15) is 5.26 Å². The van der Waals surface area contributed by atoms with Crippen LogP contribution in [0.3, 0.4) is 0 Å². The molecule has 3 aromatic heterocycles. The third-order valence-electron chi connectivity index (χ3n) is 5.51. The molecule has 7 heteroatoms. The van der Waals surface area contributed by atoms with E-state index in [1.807, 2.05) is 53.2 Å². The van der Waals surface area contributed by atoms with Gasteiger partial charge in [-0.2, -0.15) is 5.26 Å². The average molecular weight is 415 g/mol. The summed E-state index contributed by atoms with van der Waals surface area (Å²) in [5.41, 5.74) is 3.75. The highest BCUT2D eigenvalue weighted by molar-refractivity contribution is 7.98. The quantitative estimate of drug-likeness (QED) is 0.441. The van der Waals surface area contributed by atoms with Crippen molar-refractivity contribution in [3.05, 3.63) is 77.9 Å². The zero-order valence-corrected chi connectivity index (χ0v) is 17.4. The van der Waals surface area contributed by atoms with Crippen LogP contribution < -0.4 is 0 Å². The van der Waals surface area contributed by atoms with Gasteiger partial charge < -0.3 is 4.40 Å². The summed E-state index contributed by atoms with van der Waals surface area (Å²) in [4.78, 5) is 2.44. The van der Waals surface area contributed by atoms with Gasteiger partial charge in [0.1, 0.15) is 6.07 Å². The molecule has 0 unspecified atom stereocenters. The Kier molecular flexibility index (Phi) is 5.26. The molecule has 0 atom stereocenters. The van der Waals surface area contributed by atoms with Crippen LogP contribution in [0, 0.1) is 11.3 Å². The number of nitriles is 1. The average Bonchev–Trinajstić information content (AvgIpc) is 3.51. The van der Waals surface area contributed by atoms with E-state index in [1.165, 1.54) is 12.8 Å². The van der Waals surface area contributed by atoms with Gasteiger partial charge in [-0.3, -0.25) is 9.47 Å². The molecule has 0 saturated carbocycles. The first-order valence-electron chi connectivity index (χ1n) is 10.2. The van der Waals surface area contributed by atoms with Crippen LogP contribution in [0.15, 0.2) is 66.1 Å². The molecular formula is C23H22N6S. The van der Waals surface area contributed by atoms with Crippen molar-refractivity contribution in [2.45, 2.75) is 30.3 Å². The normalized spacial score (nSPS) is 14.4. The molecule has 5 rings (SSSR count). The van der Waals surface area contributed by atoms with Gasteiger partial charge in [0.25, 0.3) is 0 Å². The van der Waals surface area contributed by atoms with Crippen LogP contribution >= 0.6 is 11.8 Å². The van der Waals surface area contributed by atoms with Crippen LogP contribution in [0.1, 0.15) is 29.8 Å². The van der Waals surface area contributed by atoms with Gasteiger partial charge in [-0.25, -0.2) is 0 Å². The molecule has 0 radical (unpaired) electrons. The van der Waals surface area contributed by atoms with E-state index >= 15 is 0 Å². The summed E-state index contributed by atoms with van der Waals surface area (Å²) in [5, 5.41) is 19.6. The lowest BCUT2D eigenvalue weighted by Crippen LogP contribution is -2.21. The maximum absolute atomic E-state index is 9.69. The predicted octanol–water partition coefficient (Wildman–Crippen LogP) is 4.28. The molecule has 30 heavy (non-hydrogen) atoms. The molecule has 0 bridgehead atoms. The molecule has 1 aromatic carbocycles. The fourth-order valence-corrected chi connectivity index (χ4v) is 4.97. The van der Waals surface area contributed by atoms with Crippen molar-refractivity contribution >= 4 is 17.3 Å². The number of pyridine rings is 1. The van der Waals surface area contributed by atoms with Crippen molar-refractivity contribution < 1.29 is 0 Å². The van der Waals surface area contributed by atoms with Crippen molar-refractivity contribution in [1.29, 1.82) is 5.26 Å². The van der Waals surface area contributed by atoms with E-state index in [0.717, 1.165) is 52.9 Å². The van der Waals surface area contributed by atoms with E-state index in [1.54, 1.807) is 11.8 Å². The number of para-hydroxylation sites is 1. The fourth-order valence-electron chi connectivity index (χ4n) is 4.03. The van der Waals surface area contributed by atoms with Gasteiger partial charge in [-0.15, -0.1) is 10.2 Å². The summed E-state index contributed by atoms with van der Waals surface area (Å²) in [5.74, 6) is 1.63. The summed E-state index contributed by atoms with van der Waals surface area (Å²) < 4.78 is 4.17. The van der Waals surface area contributed by atoms with E-state index in [4.69, 9.17) is 0 Å². The molecular weight excluding hydrogens is 392 g/mol. The lowest BCUT2D eigenvalue weighted by molar-refractivity contribution is 0.319. The van der Waals surface area contributed by atoms with Crippen LogP contribution in [0.4, 0.5) is 0 Å². The summed E-state index contributed by atoms with van der Waals surface area (Å²) in [7, 11) is 0. The Balaban J connectivity index is 1.46. The van der Waals surface area contributed by atoms with Gasteiger partial charge in [0.05, 0.1) is 17.6 Å². The maximum Gasteiger partial charge on any atom is 0.196 e. The Morgan fingerprint density at radius 2 is 1.80 bits per heavy atom. The third kappa shape index (κ3) is 3.60. The fraction of sp³-hybridized carbons (Fsp3) is 0.261.